The predicted molar refractivity (Wildman–Crippen MR) is 125 cm³/mol. The third-order valence-electron chi connectivity index (χ3n) is 6.32. The highest BCUT2D eigenvalue weighted by Crippen LogP contribution is 2.44. The number of aryl methyl sites for hydroxylation is 2. The lowest BCUT2D eigenvalue weighted by Crippen LogP contribution is -2.14. The number of alkyl halides is 3. The molecule has 2 aromatic heterocycles. The summed E-state index contributed by atoms with van der Waals surface area (Å²) in [6, 6.07) is 12.4. The van der Waals surface area contributed by atoms with Crippen LogP contribution in [0, 0.1) is 5.82 Å². The van der Waals surface area contributed by atoms with Crippen molar-refractivity contribution in [1.29, 1.82) is 0 Å². The number of halogens is 4. The summed E-state index contributed by atoms with van der Waals surface area (Å²) >= 11 is 0. The molecule has 11 heteroatoms. The molecule has 1 aliphatic carbocycles. The van der Waals surface area contributed by atoms with Crippen LogP contribution >= 0.6 is 0 Å². The van der Waals surface area contributed by atoms with Crippen molar-refractivity contribution in [2.75, 3.05) is 4.72 Å². The Bertz CT molecular complexity index is 1550. The topological polar surface area (TPSA) is 76.9 Å². The van der Waals surface area contributed by atoms with E-state index in [4.69, 9.17) is 0 Å². The van der Waals surface area contributed by atoms with Gasteiger partial charge < -0.3 is 0 Å². The standard InChI is InChI=1S/C25H20F4N4O2S/c1-33-23(10-11-31-33)22-13-16(25(27,28)29)3-7-21(22)20-6-2-15-12-18(5-8-19(15)20)36(34,35)32-24-9-4-17(26)14-30-24/h3-5,7-14,20H,2,6H2,1H3,(H,30,32)/t20-/m0/s1. The number of hydrogen-bond donors (Lipinski definition) is 1. The van der Waals surface area contributed by atoms with Gasteiger partial charge in [0.05, 0.1) is 22.3 Å². The van der Waals surface area contributed by atoms with Crippen LogP contribution in [0.4, 0.5) is 23.4 Å². The fourth-order valence-corrected chi connectivity index (χ4v) is 5.67. The Morgan fingerprint density at radius 1 is 1.03 bits per heavy atom. The van der Waals surface area contributed by atoms with E-state index in [9.17, 15) is 26.0 Å². The van der Waals surface area contributed by atoms with Crippen LogP contribution in [0.15, 0.2) is 71.9 Å². The summed E-state index contributed by atoms with van der Waals surface area (Å²) in [4.78, 5) is 3.75. The quantitative estimate of drug-likeness (QED) is 0.355. The maximum atomic E-state index is 13.5. The molecule has 2 heterocycles. The molecule has 0 unspecified atom stereocenters. The van der Waals surface area contributed by atoms with E-state index in [0.29, 0.717) is 24.1 Å². The van der Waals surface area contributed by atoms with Gasteiger partial charge in [0, 0.05) is 24.7 Å². The molecule has 1 atom stereocenters. The van der Waals surface area contributed by atoms with Crippen molar-refractivity contribution in [2.24, 2.45) is 7.05 Å². The van der Waals surface area contributed by atoms with Gasteiger partial charge >= 0.3 is 6.18 Å². The molecule has 0 aliphatic heterocycles. The summed E-state index contributed by atoms with van der Waals surface area (Å²) in [7, 11) is -2.30. The summed E-state index contributed by atoms with van der Waals surface area (Å²) in [6.45, 7) is 0. The van der Waals surface area contributed by atoms with Crippen LogP contribution in [-0.2, 0) is 29.7 Å². The Balaban J connectivity index is 1.52. The van der Waals surface area contributed by atoms with E-state index in [1.807, 2.05) is 0 Å². The van der Waals surface area contributed by atoms with Gasteiger partial charge in [-0.1, -0.05) is 12.1 Å². The molecule has 0 saturated heterocycles. The third-order valence-corrected chi connectivity index (χ3v) is 7.67. The zero-order valence-corrected chi connectivity index (χ0v) is 19.7. The lowest BCUT2D eigenvalue weighted by Gasteiger charge is -2.19. The van der Waals surface area contributed by atoms with Crippen molar-refractivity contribution in [3.8, 4) is 11.3 Å². The van der Waals surface area contributed by atoms with Crippen molar-refractivity contribution in [3.05, 3.63) is 95.1 Å². The van der Waals surface area contributed by atoms with Gasteiger partial charge in [0.15, 0.2) is 0 Å². The van der Waals surface area contributed by atoms with Crippen LogP contribution in [-0.4, -0.2) is 23.2 Å². The van der Waals surface area contributed by atoms with Crippen LogP contribution in [0.1, 0.15) is 34.6 Å². The van der Waals surface area contributed by atoms with Gasteiger partial charge in [-0.3, -0.25) is 9.40 Å². The number of pyridine rings is 1. The third kappa shape index (κ3) is 4.46. The highest BCUT2D eigenvalue weighted by atomic mass is 32.2. The summed E-state index contributed by atoms with van der Waals surface area (Å²) in [6.07, 6.45) is -0.877. The molecule has 5 rings (SSSR count). The first kappa shape index (κ1) is 24.0. The van der Waals surface area contributed by atoms with Gasteiger partial charge in [-0.25, -0.2) is 17.8 Å². The molecule has 0 fully saturated rings. The molecule has 0 radical (unpaired) electrons. The Labute approximate surface area is 204 Å². The molecular formula is C25H20F4N4O2S. The smallest absolute Gasteiger partial charge is 0.268 e. The molecule has 0 spiro atoms. The monoisotopic (exact) mass is 516 g/mol. The maximum absolute atomic E-state index is 13.5. The lowest BCUT2D eigenvalue weighted by molar-refractivity contribution is -0.137. The normalized spacial score (nSPS) is 15.6. The number of sulfonamides is 1. The molecule has 36 heavy (non-hydrogen) atoms. The second-order valence-corrected chi connectivity index (χ2v) is 10.2. The van der Waals surface area contributed by atoms with Crippen LogP contribution < -0.4 is 4.72 Å². The molecule has 4 aromatic rings. The first-order valence-corrected chi connectivity index (χ1v) is 12.5. The van der Waals surface area contributed by atoms with Crippen molar-refractivity contribution >= 4 is 15.8 Å². The average Bonchev–Trinajstić information content (AvgIpc) is 3.45. The molecule has 0 bridgehead atoms. The van der Waals surface area contributed by atoms with Crippen molar-refractivity contribution in [2.45, 2.75) is 29.8 Å². The Kier molecular flexibility index (Phi) is 5.82. The first-order valence-electron chi connectivity index (χ1n) is 11.0. The summed E-state index contributed by atoms with van der Waals surface area (Å²) < 4.78 is 83.1. The van der Waals surface area contributed by atoms with Gasteiger partial charge in [0.25, 0.3) is 10.0 Å². The second kappa shape index (κ2) is 8.74. The number of rotatable bonds is 5. The number of hydrogen-bond acceptors (Lipinski definition) is 4. The van der Waals surface area contributed by atoms with Gasteiger partial charge in [-0.2, -0.15) is 18.3 Å². The molecule has 1 N–H and O–H groups in total. The Hall–Kier alpha value is -3.73. The first-order chi connectivity index (χ1) is 17.0. The Morgan fingerprint density at radius 3 is 2.47 bits per heavy atom. The van der Waals surface area contributed by atoms with E-state index < -0.39 is 27.6 Å². The van der Waals surface area contributed by atoms with E-state index in [1.165, 1.54) is 29.1 Å². The van der Waals surface area contributed by atoms with Crippen molar-refractivity contribution < 1.29 is 26.0 Å². The fraction of sp³-hybridized carbons (Fsp3) is 0.200. The van der Waals surface area contributed by atoms with Gasteiger partial charge in [-0.15, -0.1) is 0 Å². The minimum Gasteiger partial charge on any atom is -0.268 e. The molecule has 186 valence electrons. The van der Waals surface area contributed by atoms with E-state index in [0.717, 1.165) is 41.1 Å². The Morgan fingerprint density at radius 2 is 1.81 bits per heavy atom. The number of nitrogens with one attached hydrogen (secondary N) is 1. The fourth-order valence-electron chi connectivity index (χ4n) is 4.61. The van der Waals surface area contributed by atoms with Crippen molar-refractivity contribution in [3.63, 3.8) is 0 Å². The highest BCUT2D eigenvalue weighted by molar-refractivity contribution is 7.92. The molecule has 0 amide bonds. The van der Waals surface area contributed by atoms with Crippen LogP contribution in [0.5, 0.6) is 0 Å². The van der Waals surface area contributed by atoms with E-state index in [2.05, 4.69) is 14.8 Å². The van der Waals surface area contributed by atoms with Gasteiger partial charge in [-0.05, 0) is 72.0 Å². The van der Waals surface area contributed by atoms with Crippen LogP contribution in [0.2, 0.25) is 0 Å². The summed E-state index contributed by atoms with van der Waals surface area (Å²) in [5.74, 6) is -0.814. The average molecular weight is 517 g/mol. The number of anilines is 1. The molecule has 1 aliphatic rings. The zero-order chi connectivity index (χ0) is 25.7. The molecule has 6 nitrogen and oxygen atoms in total. The van der Waals surface area contributed by atoms with E-state index in [-0.39, 0.29) is 16.6 Å². The number of fused-ring (bicyclic) bond motifs is 1. The highest BCUT2D eigenvalue weighted by Gasteiger charge is 2.34. The number of benzene rings is 2. The SMILES string of the molecule is Cn1nccc1-c1cc(C(F)(F)F)ccc1[C@H]1CCc2cc(S(=O)(=O)Nc3ccc(F)cn3)ccc21. The largest absolute Gasteiger partial charge is 0.416 e. The van der Waals surface area contributed by atoms with Crippen molar-refractivity contribution in [1.82, 2.24) is 14.8 Å². The number of nitrogens with zero attached hydrogens (tertiary/aromatic N) is 3. The van der Waals surface area contributed by atoms with Gasteiger partial charge in [0.2, 0.25) is 0 Å². The maximum Gasteiger partial charge on any atom is 0.416 e. The summed E-state index contributed by atoms with van der Waals surface area (Å²) in [5.41, 5.74) is 2.61. The van der Waals surface area contributed by atoms with Gasteiger partial charge in [0.1, 0.15) is 11.6 Å². The van der Waals surface area contributed by atoms with Crippen LogP contribution in [0.25, 0.3) is 11.3 Å². The van der Waals surface area contributed by atoms with E-state index in [1.54, 1.807) is 25.2 Å². The minimum atomic E-state index is -4.49. The molecule has 0 saturated carbocycles. The second-order valence-electron chi connectivity index (χ2n) is 8.56. The lowest BCUT2D eigenvalue weighted by atomic mass is 9.87. The predicted octanol–water partition coefficient (Wildman–Crippen LogP) is 5.52. The molecule has 2 aromatic carbocycles. The minimum absolute atomic E-state index is 0.0136. The zero-order valence-electron chi connectivity index (χ0n) is 18.9. The van der Waals surface area contributed by atoms with E-state index >= 15 is 0 Å². The number of aromatic nitrogens is 3. The summed E-state index contributed by atoms with van der Waals surface area (Å²) in [5, 5.41) is 4.11. The molecular weight excluding hydrogens is 496 g/mol. The van der Waals surface area contributed by atoms with Crippen LogP contribution in [0.3, 0.4) is 0 Å².